The van der Waals surface area contributed by atoms with Crippen LogP contribution >= 0.6 is 23.2 Å². The first-order valence-corrected chi connectivity index (χ1v) is 8.87. The van der Waals surface area contributed by atoms with Gasteiger partial charge in [0.2, 0.25) is 5.91 Å². The topological polar surface area (TPSA) is 111 Å². The van der Waals surface area contributed by atoms with Crippen molar-refractivity contribution in [3.8, 4) is 17.6 Å². The normalized spacial score (nSPS) is 11.2. The molecule has 7 nitrogen and oxygen atoms in total. The van der Waals surface area contributed by atoms with E-state index in [1.807, 2.05) is 0 Å². The van der Waals surface area contributed by atoms with Crippen molar-refractivity contribution in [2.45, 2.75) is 12.5 Å². The molecule has 0 radical (unpaired) electrons. The van der Waals surface area contributed by atoms with Gasteiger partial charge in [-0.2, -0.15) is 5.26 Å². The number of phenolic OH excluding ortho intramolecular Hbond substituents is 1. The second-order valence-corrected chi connectivity index (χ2v) is 6.56. The SMILES string of the molecule is COc1ccc(C(=O)N[C@@H](Cc2cc(Cl)c(O)c(Cl)c2)C(=O)NCC#N)cc1. The molecule has 1 atom stereocenters. The van der Waals surface area contributed by atoms with E-state index in [1.165, 1.54) is 19.2 Å². The van der Waals surface area contributed by atoms with Gasteiger partial charge in [0.1, 0.15) is 18.3 Å². The number of phenols is 1. The molecule has 0 saturated carbocycles. The first kappa shape index (κ1) is 21.4. The maximum absolute atomic E-state index is 12.5. The Morgan fingerprint density at radius 2 is 1.82 bits per heavy atom. The number of nitrogens with zero attached hydrogens (tertiary/aromatic N) is 1. The third-order valence-corrected chi connectivity index (χ3v) is 4.41. The molecule has 2 rings (SSSR count). The fourth-order valence-corrected chi connectivity index (χ4v) is 2.95. The highest BCUT2D eigenvalue weighted by molar-refractivity contribution is 6.37. The van der Waals surface area contributed by atoms with Crippen LogP contribution in [0.1, 0.15) is 15.9 Å². The number of nitriles is 1. The lowest BCUT2D eigenvalue weighted by molar-refractivity contribution is -0.122. The van der Waals surface area contributed by atoms with Crippen molar-refractivity contribution in [1.82, 2.24) is 10.6 Å². The minimum absolute atomic E-state index is 0.0279. The van der Waals surface area contributed by atoms with Crippen molar-refractivity contribution in [3.63, 3.8) is 0 Å². The Morgan fingerprint density at radius 3 is 2.36 bits per heavy atom. The van der Waals surface area contributed by atoms with E-state index in [2.05, 4.69) is 10.6 Å². The number of nitrogens with one attached hydrogen (secondary N) is 2. The lowest BCUT2D eigenvalue weighted by Crippen LogP contribution is -2.48. The van der Waals surface area contributed by atoms with Gasteiger partial charge in [-0.15, -0.1) is 0 Å². The summed E-state index contributed by atoms with van der Waals surface area (Å²) in [7, 11) is 1.51. The van der Waals surface area contributed by atoms with Crippen molar-refractivity contribution in [3.05, 3.63) is 57.6 Å². The Hall–Kier alpha value is -2.95. The molecule has 0 bridgehead atoms. The molecule has 0 aliphatic heterocycles. The summed E-state index contributed by atoms with van der Waals surface area (Å²) in [5.41, 5.74) is 0.862. The number of hydrogen-bond acceptors (Lipinski definition) is 5. The van der Waals surface area contributed by atoms with Gasteiger partial charge >= 0.3 is 0 Å². The maximum atomic E-state index is 12.5. The number of methoxy groups -OCH3 is 1. The number of ether oxygens (including phenoxy) is 1. The zero-order valence-corrected chi connectivity index (χ0v) is 16.3. The van der Waals surface area contributed by atoms with E-state index < -0.39 is 17.9 Å². The summed E-state index contributed by atoms with van der Waals surface area (Å²) in [5, 5.41) is 23.4. The summed E-state index contributed by atoms with van der Waals surface area (Å²) in [6.45, 7) is -0.204. The van der Waals surface area contributed by atoms with Crippen molar-refractivity contribution in [2.24, 2.45) is 0 Å². The largest absolute Gasteiger partial charge is 0.505 e. The average Bonchev–Trinajstić information content (AvgIpc) is 2.69. The van der Waals surface area contributed by atoms with Crippen LogP contribution in [0.15, 0.2) is 36.4 Å². The summed E-state index contributed by atoms with van der Waals surface area (Å²) in [6, 6.07) is 10.1. The summed E-state index contributed by atoms with van der Waals surface area (Å²) >= 11 is 11.8. The van der Waals surface area contributed by atoms with Gasteiger partial charge in [-0.25, -0.2) is 0 Å². The number of benzene rings is 2. The molecule has 9 heteroatoms. The number of rotatable bonds is 7. The molecule has 2 aromatic carbocycles. The molecular formula is C19H17Cl2N3O4. The molecule has 0 aliphatic carbocycles. The Kier molecular flexibility index (Phi) is 7.50. The highest BCUT2D eigenvalue weighted by Crippen LogP contribution is 2.33. The molecule has 0 aromatic heterocycles. The second-order valence-electron chi connectivity index (χ2n) is 5.74. The number of halogens is 2. The lowest BCUT2D eigenvalue weighted by Gasteiger charge is -2.18. The molecule has 28 heavy (non-hydrogen) atoms. The summed E-state index contributed by atoms with van der Waals surface area (Å²) in [6.07, 6.45) is 0.0544. The van der Waals surface area contributed by atoms with Gasteiger partial charge < -0.3 is 20.5 Å². The van der Waals surface area contributed by atoms with Crippen LogP contribution < -0.4 is 15.4 Å². The molecule has 3 N–H and O–H groups in total. The predicted octanol–water partition coefficient (Wildman–Crippen LogP) is 2.69. The third-order valence-electron chi connectivity index (χ3n) is 3.83. The fourth-order valence-electron chi connectivity index (χ4n) is 2.41. The van der Waals surface area contributed by atoms with Gasteiger partial charge in [0.05, 0.1) is 23.2 Å². The van der Waals surface area contributed by atoms with Crippen LogP contribution in [0.2, 0.25) is 10.0 Å². The molecule has 2 aromatic rings. The Labute approximate surface area is 171 Å². The zero-order valence-electron chi connectivity index (χ0n) is 14.8. The number of aromatic hydroxyl groups is 1. The number of carbonyl (C=O) groups excluding carboxylic acids is 2. The monoisotopic (exact) mass is 421 g/mol. The van der Waals surface area contributed by atoms with Crippen LogP contribution in [0.3, 0.4) is 0 Å². The van der Waals surface area contributed by atoms with Crippen molar-refractivity contribution < 1.29 is 19.4 Å². The van der Waals surface area contributed by atoms with E-state index >= 15 is 0 Å². The molecule has 0 fully saturated rings. The molecule has 2 amide bonds. The molecule has 0 unspecified atom stereocenters. The predicted molar refractivity (Wildman–Crippen MR) is 105 cm³/mol. The van der Waals surface area contributed by atoms with Crippen LogP contribution in [0, 0.1) is 11.3 Å². The van der Waals surface area contributed by atoms with Gasteiger partial charge in [0, 0.05) is 12.0 Å². The van der Waals surface area contributed by atoms with Gasteiger partial charge in [-0.1, -0.05) is 23.2 Å². The molecule has 0 aliphatic rings. The van der Waals surface area contributed by atoms with E-state index in [0.29, 0.717) is 16.9 Å². The van der Waals surface area contributed by atoms with Crippen LogP contribution in [0.5, 0.6) is 11.5 Å². The quantitative estimate of drug-likeness (QED) is 0.595. The van der Waals surface area contributed by atoms with Gasteiger partial charge in [-0.05, 0) is 42.0 Å². The van der Waals surface area contributed by atoms with E-state index in [4.69, 9.17) is 33.2 Å². The molecule has 0 saturated heterocycles. The summed E-state index contributed by atoms with van der Waals surface area (Å²) in [4.78, 5) is 24.9. The summed E-state index contributed by atoms with van der Waals surface area (Å²) in [5.74, 6) is -0.687. The second kappa shape index (κ2) is 9.83. The minimum Gasteiger partial charge on any atom is -0.505 e. The number of hydrogen-bond donors (Lipinski definition) is 3. The Morgan fingerprint density at radius 1 is 1.21 bits per heavy atom. The van der Waals surface area contributed by atoms with Crippen molar-refractivity contribution in [2.75, 3.05) is 13.7 Å². The van der Waals surface area contributed by atoms with Crippen LogP contribution in [0.4, 0.5) is 0 Å². The first-order chi connectivity index (χ1) is 13.3. The molecular weight excluding hydrogens is 405 g/mol. The van der Waals surface area contributed by atoms with Crippen LogP contribution in [0.25, 0.3) is 0 Å². The summed E-state index contributed by atoms with van der Waals surface area (Å²) < 4.78 is 5.05. The molecule has 0 spiro atoms. The van der Waals surface area contributed by atoms with Gasteiger partial charge in [-0.3, -0.25) is 9.59 Å². The van der Waals surface area contributed by atoms with Crippen molar-refractivity contribution >= 4 is 35.0 Å². The fraction of sp³-hybridized carbons (Fsp3) is 0.211. The smallest absolute Gasteiger partial charge is 0.251 e. The van der Waals surface area contributed by atoms with Gasteiger partial charge in [0.25, 0.3) is 5.91 Å². The van der Waals surface area contributed by atoms with Crippen LogP contribution in [-0.2, 0) is 11.2 Å². The first-order valence-electron chi connectivity index (χ1n) is 8.12. The minimum atomic E-state index is -0.986. The van der Waals surface area contributed by atoms with Crippen LogP contribution in [-0.4, -0.2) is 36.6 Å². The average molecular weight is 422 g/mol. The number of amides is 2. The third kappa shape index (κ3) is 5.52. The van der Waals surface area contributed by atoms with E-state index in [-0.39, 0.29) is 28.8 Å². The Balaban J connectivity index is 2.22. The highest BCUT2D eigenvalue weighted by atomic mass is 35.5. The van der Waals surface area contributed by atoms with E-state index in [0.717, 1.165) is 0 Å². The van der Waals surface area contributed by atoms with Crippen molar-refractivity contribution in [1.29, 1.82) is 5.26 Å². The number of carbonyl (C=O) groups is 2. The highest BCUT2D eigenvalue weighted by Gasteiger charge is 2.23. The molecule has 146 valence electrons. The lowest BCUT2D eigenvalue weighted by atomic mass is 10.0. The Bertz CT molecular complexity index is 887. The van der Waals surface area contributed by atoms with E-state index in [9.17, 15) is 14.7 Å². The zero-order chi connectivity index (χ0) is 20.7. The van der Waals surface area contributed by atoms with E-state index in [1.54, 1.807) is 30.3 Å². The van der Waals surface area contributed by atoms with Gasteiger partial charge in [0.15, 0.2) is 5.75 Å². The standard InChI is InChI=1S/C19H17Cl2N3O4/c1-28-13-4-2-12(3-5-13)18(26)24-16(19(27)23-7-6-22)10-11-8-14(20)17(25)15(21)9-11/h2-5,8-9,16,25H,7,10H2,1H3,(H,23,27)(H,24,26)/t16-/m0/s1. The molecule has 0 heterocycles. The maximum Gasteiger partial charge on any atom is 0.251 e.